The lowest BCUT2D eigenvalue weighted by Gasteiger charge is -2.22. The van der Waals surface area contributed by atoms with Crippen LogP contribution in [0.5, 0.6) is 0 Å². The molecule has 0 spiro atoms. The molecule has 37 heavy (non-hydrogen) atoms. The molecule has 5 N–H and O–H groups in total. The monoisotopic (exact) mass is 519 g/mol. The van der Waals surface area contributed by atoms with Gasteiger partial charge in [0.15, 0.2) is 0 Å². The third-order valence-corrected chi connectivity index (χ3v) is 7.03. The van der Waals surface area contributed by atoms with Crippen LogP contribution >= 0.6 is 11.8 Å². The van der Waals surface area contributed by atoms with Gasteiger partial charge in [-0.1, -0.05) is 84.9 Å². The topological polar surface area (TPSA) is 122 Å². The maximum atomic E-state index is 13.1. The van der Waals surface area contributed by atoms with Crippen LogP contribution in [0, 0.1) is 0 Å². The molecule has 0 radical (unpaired) electrons. The van der Waals surface area contributed by atoms with E-state index in [0.717, 1.165) is 22.3 Å². The molecular weight excluding hydrogens is 486 g/mol. The van der Waals surface area contributed by atoms with Gasteiger partial charge in [0.25, 0.3) is 0 Å². The minimum absolute atomic E-state index is 0.00315. The van der Waals surface area contributed by atoms with Crippen molar-refractivity contribution in [3.63, 3.8) is 0 Å². The molecule has 3 aromatic rings. The van der Waals surface area contributed by atoms with Gasteiger partial charge in [-0.15, -0.1) is 0 Å². The number of carboxylic acids is 1. The number of hydrogen-bond acceptors (Lipinski definition) is 5. The summed E-state index contributed by atoms with van der Waals surface area (Å²) in [6, 6.07) is 25.9. The summed E-state index contributed by atoms with van der Waals surface area (Å²) in [6.07, 6.45) is -0.0755. The standard InChI is InChI=1S/C29H33N3O4S/c1-20(22-8-4-2-5-9-22)31-28(34)26(32-27(33)17-16-25(30)29(35)36)19-37-18-21-12-14-24(15-13-21)23-10-6-3-7-11-23/h2-15,20,25-26H,16-19,30H2,1H3,(H,31,34)(H,32,33)(H,35,36)/t20-,25-,26-/m0/s1. The van der Waals surface area contributed by atoms with Crippen LogP contribution in [0.25, 0.3) is 11.1 Å². The van der Waals surface area contributed by atoms with E-state index in [1.54, 1.807) is 11.8 Å². The number of benzene rings is 3. The molecule has 0 aliphatic heterocycles. The molecule has 0 bridgehead atoms. The van der Waals surface area contributed by atoms with Gasteiger partial charge in [0.05, 0.1) is 6.04 Å². The Morgan fingerprint density at radius 1 is 0.865 bits per heavy atom. The predicted molar refractivity (Wildman–Crippen MR) is 148 cm³/mol. The first-order valence-electron chi connectivity index (χ1n) is 12.2. The van der Waals surface area contributed by atoms with Gasteiger partial charge in [-0.25, -0.2) is 0 Å². The second-order valence-corrected chi connectivity index (χ2v) is 9.85. The van der Waals surface area contributed by atoms with E-state index in [2.05, 4.69) is 47.0 Å². The maximum Gasteiger partial charge on any atom is 0.320 e. The molecule has 0 saturated carbocycles. The highest BCUT2D eigenvalue weighted by atomic mass is 32.2. The molecule has 3 atom stereocenters. The van der Waals surface area contributed by atoms with E-state index in [9.17, 15) is 14.4 Å². The molecule has 0 unspecified atom stereocenters. The number of carbonyl (C=O) groups is 3. The molecule has 7 nitrogen and oxygen atoms in total. The highest BCUT2D eigenvalue weighted by Gasteiger charge is 2.23. The number of thioether (sulfide) groups is 1. The van der Waals surface area contributed by atoms with Crippen molar-refractivity contribution in [2.45, 2.75) is 43.6 Å². The minimum atomic E-state index is -1.16. The zero-order valence-electron chi connectivity index (χ0n) is 20.8. The SMILES string of the molecule is C[C@H](NC(=O)[C@H](CSCc1ccc(-c2ccccc2)cc1)NC(=O)CC[C@H](N)C(=O)O)c1ccccc1. The summed E-state index contributed by atoms with van der Waals surface area (Å²) in [5.74, 6) is -0.819. The van der Waals surface area contributed by atoms with E-state index in [1.807, 2.05) is 55.5 Å². The van der Waals surface area contributed by atoms with Crippen LogP contribution in [-0.4, -0.2) is 40.7 Å². The lowest BCUT2D eigenvalue weighted by molar-refractivity contribution is -0.138. The van der Waals surface area contributed by atoms with Gasteiger partial charge < -0.3 is 21.5 Å². The molecule has 0 aliphatic carbocycles. The third kappa shape index (κ3) is 9.08. The second kappa shape index (κ2) is 14.2. The Hall–Kier alpha value is -3.62. The van der Waals surface area contributed by atoms with Crippen molar-refractivity contribution < 1.29 is 19.5 Å². The van der Waals surface area contributed by atoms with Crippen LogP contribution in [-0.2, 0) is 20.1 Å². The summed E-state index contributed by atoms with van der Waals surface area (Å²) in [5.41, 5.74) is 9.87. The first-order chi connectivity index (χ1) is 17.8. The van der Waals surface area contributed by atoms with Gasteiger partial charge in [-0.05, 0) is 35.6 Å². The van der Waals surface area contributed by atoms with Gasteiger partial charge in [0, 0.05) is 17.9 Å². The summed E-state index contributed by atoms with van der Waals surface area (Å²) >= 11 is 1.54. The Bertz CT molecular complexity index is 1160. The summed E-state index contributed by atoms with van der Waals surface area (Å²) in [5, 5.41) is 14.7. The minimum Gasteiger partial charge on any atom is -0.480 e. The van der Waals surface area contributed by atoms with E-state index in [-0.39, 0.29) is 24.8 Å². The van der Waals surface area contributed by atoms with Gasteiger partial charge in [0.2, 0.25) is 11.8 Å². The first kappa shape index (κ1) is 28.0. The van der Waals surface area contributed by atoms with Crippen LogP contribution in [0.1, 0.15) is 36.9 Å². The number of nitrogens with two attached hydrogens (primary N) is 1. The summed E-state index contributed by atoms with van der Waals surface area (Å²) in [4.78, 5) is 36.5. The highest BCUT2D eigenvalue weighted by molar-refractivity contribution is 7.98. The predicted octanol–water partition coefficient (Wildman–Crippen LogP) is 4.14. The Morgan fingerprint density at radius 3 is 2.08 bits per heavy atom. The average Bonchev–Trinajstić information content (AvgIpc) is 2.92. The molecule has 0 saturated heterocycles. The van der Waals surface area contributed by atoms with Crippen LogP contribution in [0.4, 0.5) is 0 Å². The van der Waals surface area contributed by atoms with Crippen LogP contribution in [0.2, 0.25) is 0 Å². The highest BCUT2D eigenvalue weighted by Crippen LogP contribution is 2.21. The van der Waals surface area contributed by atoms with E-state index in [0.29, 0.717) is 11.5 Å². The molecule has 3 aromatic carbocycles. The van der Waals surface area contributed by atoms with E-state index >= 15 is 0 Å². The van der Waals surface area contributed by atoms with Crippen molar-refractivity contribution in [3.05, 3.63) is 96.1 Å². The molecule has 0 aromatic heterocycles. The number of carboxylic acid groups (broad SMARTS) is 1. The quantitative estimate of drug-likeness (QED) is 0.269. The largest absolute Gasteiger partial charge is 0.480 e. The third-order valence-electron chi connectivity index (χ3n) is 5.92. The summed E-state index contributed by atoms with van der Waals surface area (Å²) in [7, 11) is 0. The summed E-state index contributed by atoms with van der Waals surface area (Å²) in [6.45, 7) is 1.89. The van der Waals surface area contributed by atoms with E-state index < -0.39 is 24.0 Å². The number of rotatable bonds is 13. The smallest absolute Gasteiger partial charge is 0.320 e. The number of nitrogens with one attached hydrogen (secondary N) is 2. The Labute approximate surface area is 221 Å². The van der Waals surface area contributed by atoms with E-state index in [1.165, 1.54) is 0 Å². The summed E-state index contributed by atoms with van der Waals surface area (Å²) < 4.78 is 0. The number of amides is 2. The fourth-order valence-corrected chi connectivity index (χ4v) is 4.73. The second-order valence-electron chi connectivity index (χ2n) is 8.82. The van der Waals surface area contributed by atoms with Crippen LogP contribution in [0.3, 0.4) is 0 Å². The fraction of sp³-hybridized carbons (Fsp3) is 0.276. The molecule has 0 fully saturated rings. The van der Waals surface area contributed by atoms with Gasteiger partial charge in [0.1, 0.15) is 12.1 Å². The van der Waals surface area contributed by atoms with Crippen LogP contribution in [0.15, 0.2) is 84.9 Å². The van der Waals surface area contributed by atoms with Crippen molar-refractivity contribution in [3.8, 4) is 11.1 Å². The molecule has 8 heteroatoms. The zero-order chi connectivity index (χ0) is 26.6. The van der Waals surface area contributed by atoms with Crippen molar-refractivity contribution in [2.75, 3.05) is 5.75 Å². The maximum absolute atomic E-state index is 13.1. The Balaban J connectivity index is 1.59. The van der Waals surface area contributed by atoms with Crippen molar-refractivity contribution in [1.29, 1.82) is 0 Å². The lowest BCUT2D eigenvalue weighted by Crippen LogP contribution is -2.49. The first-order valence-corrected chi connectivity index (χ1v) is 13.3. The molecule has 0 heterocycles. The van der Waals surface area contributed by atoms with Gasteiger partial charge in [-0.2, -0.15) is 11.8 Å². The van der Waals surface area contributed by atoms with Gasteiger partial charge in [-0.3, -0.25) is 14.4 Å². The molecule has 194 valence electrons. The molecule has 0 aliphatic rings. The number of aliphatic carboxylic acids is 1. The van der Waals surface area contributed by atoms with Crippen molar-refractivity contribution in [1.82, 2.24) is 10.6 Å². The zero-order valence-corrected chi connectivity index (χ0v) is 21.6. The van der Waals surface area contributed by atoms with E-state index in [4.69, 9.17) is 10.8 Å². The molecule has 2 amide bonds. The number of carbonyl (C=O) groups excluding carboxylic acids is 2. The van der Waals surface area contributed by atoms with Gasteiger partial charge >= 0.3 is 5.97 Å². The van der Waals surface area contributed by atoms with Crippen molar-refractivity contribution >= 4 is 29.5 Å². The Kier molecular flexibility index (Phi) is 10.7. The van der Waals surface area contributed by atoms with Crippen molar-refractivity contribution in [2.24, 2.45) is 5.73 Å². The molecule has 3 rings (SSSR count). The molecular formula is C29H33N3O4S. The normalized spacial score (nSPS) is 13.2. The fourth-order valence-electron chi connectivity index (χ4n) is 3.72. The average molecular weight is 520 g/mol. The lowest BCUT2D eigenvalue weighted by atomic mass is 10.0. The number of hydrogen-bond donors (Lipinski definition) is 4. The van der Waals surface area contributed by atoms with Crippen LogP contribution < -0.4 is 16.4 Å². The Morgan fingerprint density at radius 2 is 1.46 bits per heavy atom.